The van der Waals surface area contributed by atoms with E-state index in [1.807, 2.05) is 11.4 Å². The van der Waals surface area contributed by atoms with Crippen LogP contribution in [-0.2, 0) is 17.6 Å². The molecule has 0 saturated carbocycles. The molecule has 0 bridgehead atoms. The molecule has 3 rings (SSSR count). The van der Waals surface area contributed by atoms with Gasteiger partial charge in [-0.25, -0.2) is 0 Å². The predicted molar refractivity (Wildman–Crippen MR) is 92.3 cm³/mol. The molecule has 3 heteroatoms. The Morgan fingerprint density at radius 2 is 1.86 bits per heavy atom. The Hall–Kier alpha value is -1.45. The summed E-state index contributed by atoms with van der Waals surface area (Å²) in [6, 6.07) is 14.8. The van der Waals surface area contributed by atoms with E-state index in [2.05, 4.69) is 41.3 Å². The van der Waals surface area contributed by atoms with Crippen LogP contribution in [0.25, 0.3) is 0 Å². The summed E-state index contributed by atoms with van der Waals surface area (Å²) in [5, 5.41) is 2.04. The molecule has 0 aliphatic carbocycles. The molecular weight excluding hydrogens is 290 g/mol. The second kappa shape index (κ2) is 7.70. The van der Waals surface area contributed by atoms with E-state index in [0.717, 1.165) is 19.0 Å². The van der Waals surface area contributed by atoms with Crippen molar-refractivity contribution >= 4 is 17.1 Å². The van der Waals surface area contributed by atoms with Crippen molar-refractivity contribution in [3.63, 3.8) is 0 Å². The Kier molecular flexibility index (Phi) is 5.41. The van der Waals surface area contributed by atoms with E-state index in [1.165, 1.54) is 29.7 Å². The molecule has 0 amide bonds. The van der Waals surface area contributed by atoms with Crippen LogP contribution >= 0.6 is 11.3 Å². The average molecular weight is 313 g/mol. The molecular formula is C19H23NOS. The normalized spacial score (nSPS) is 16.7. The molecule has 2 heterocycles. The number of benzene rings is 1. The number of carbonyl (C=O) groups excluding carboxylic acids is 1. The second-order valence-electron chi connectivity index (χ2n) is 6.20. The van der Waals surface area contributed by atoms with Crippen LogP contribution in [0.2, 0.25) is 0 Å². The highest BCUT2D eigenvalue weighted by atomic mass is 32.1. The van der Waals surface area contributed by atoms with Crippen LogP contribution in [0.5, 0.6) is 0 Å². The maximum Gasteiger partial charge on any atom is 0.152 e. The van der Waals surface area contributed by atoms with Gasteiger partial charge in [-0.2, -0.15) is 0 Å². The van der Waals surface area contributed by atoms with Gasteiger partial charge in [0.05, 0.1) is 6.54 Å². The van der Waals surface area contributed by atoms with Gasteiger partial charge in [-0.3, -0.25) is 9.69 Å². The molecule has 116 valence electrons. The van der Waals surface area contributed by atoms with Gasteiger partial charge in [0.15, 0.2) is 5.78 Å². The number of hydrogen-bond donors (Lipinski definition) is 0. The quantitative estimate of drug-likeness (QED) is 0.808. The first-order valence-corrected chi connectivity index (χ1v) is 8.98. The van der Waals surface area contributed by atoms with Gasteiger partial charge in [0.25, 0.3) is 0 Å². The molecule has 22 heavy (non-hydrogen) atoms. The summed E-state index contributed by atoms with van der Waals surface area (Å²) in [6.45, 7) is 2.75. The summed E-state index contributed by atoms with van der Waals surface area (Å²) >= 11 is 1.68. The number of carbonyl (C=O) groups is 1. The van der Waals surface area contributed by atoms with Crippen LogP contribution in [-0.4, -0.2) is 30.3 Å². The molecule has 1 aromatic carbocycles. The Bertz CT molecular complexity index is 571. The lowest BCUT2D eigenvalue weighted by atomic mass is 9.90. The average Bonchev–Trinajstić information content (AvgIpc) is 3.03. The zero-order chi connectivity index (χ0) is 15.2. The van der Waals surface area contributed by atoms with Crippen LogP contribution in [0.4, 0.5) is 0 Å². The van der Waals surface area contributed by atoms with Gasteiger partial charge < -0.3 is 0 Å². The first-order valence-electron chi connectivity index (χ1n) is 8.10. The van der Waals surface area contributed by atoms with Crippen LogP contribution in [0.1, 0.15) is 23.3 Å². The number of nitrogens with zero attached hydrogens (tertiary/aromatic N) is 1. The monoisotopic (exact) mass is 313 g/mol. The number of thiophene rings is 1. The van der Waals surface area contributed by atoms with Crippen molar-refractivity contribution in [3.05, 3.63) is 58.3 Å². The highest BCUT2D eigenvalue weighted by molar-refractivity contribution is 7.10. The number of Topliss-reactive ketones (excluding diaryl/α,β-unsaturated/α-hetero) is 1. The Morgan fingerprint density at radius 3 is 2.55 bits per heavy atom. The zero-order valence-corrected chi connectivity index (χ0v) is 13.7. The molecule has 1 fully saturated rings. The lowest BCUT2D eigenvalue weighted by molar-refractivity contribution is -0.119. The van der Waals surface area contributed by atoms with E-state index in [4.69, 9.17) is 0 Å². The number of likely N-dealkylation sites (tertiary alicyclic amines) is 1. The van der Waals surface area contributed by atoms with Crippen LogP contribution in [0.3, 0.4) is 0 Å². The summed E-state index contributed by atoms with van der Waals surface area (Å²) in [7, 11) is 0. The third kappa shape index (κ3) is 4.52. The van der Waals surface area contributed by atoms with Gasteiger partial charge in [-0.15, -0.1) is 11.3 Å². The zero-order valence-electron chi connectivity index (χ0n) is 12.9. The Labute approximate surface area is 136 Å². The summed E-state index contributed by atoms with van der Waals surface area (Å²) in [5.41, 5.74) is 1.44. The Morgan fingerprint density at radius 1 is 1.09 bits per heavy atom. The molecule has 2 aromatic rings. The second-order valence-corrected chi connectivity index (χ2v) is 7.24. The molecule has 0 N–H and O–H groups in total. The van der Waals surface area contributed by atoms with Gasteiger partial charge in [-0.1, -0.05) is 36.4 Å². The summed E-state index contributed by atoms with van der Waals surface area (Å²) in [4.78, 5) is 15.6. The third-order valence-electron chi connectivity index (χ3n) is 4.43. The maximum atomic E-state index is 12.1. The van der Waals surface area contributed by atoms with Gasteiger partial charge in [0, 0.05) is 11.3 Å². The first kappa shape index (κ1) is 15.4. The smallest absolute Gasteiger partial charge is 0.152 e. The summed E-state index contributed by atoms with van der Waals surface area (Å²) in [6.07, 6.45) is 4.20. The standard InChI is InChI=1S/C19H23NOS/c21-18(14-19-7-4-12-22-19)15-20-10-8-17(9-11-20)13-16-5-2-1-3-6-16/h1-7,12,17H,8-11,13-15H2. The lowest BCUT2D eigenvalue weighted by Gasteiger charge is -2.31. The van der Waals surface area contributed by atoms with Crippen molar-refractivity contribution in [3.8, 4) is 0 Å². The van der Waals surface area contributed by atoms with Crippen LogP contribution < -0.4 is 0 Å². The highest BCUT2D eigenvalue weighted by Gasteiger charge is 2.21. The molecule has 1 aromatic heterocycles. The molecule has 2 nitrogen and oxygen atoms in total. The van der Waals surface area contributed by atoms with Crippen LogP contribution in [0.15, 0.2) is 47.8 Å². The molecule has 1 aliphatic heterocycles. The van der Waals surface area contributed by atoms with E-state index in [1.54, 1.807) is 11.3 Å². The van der Waals surface area contributed by atoms with E-state index < -0.39 is 0 Å². The lowest BCUT2D eigenvalue weighted by Crippen LogP contribution is -2.38. The molecule has 0 radical (unpaired) electrons. The Balaban J connectivity index is 1.41. The molecule has 1 aliphatic rings. The van der Waals surface area contributed by atoms with Crippen LogP contribution in [0, 0.1) is 5.92 Å². The predicted octanol–water partition coefficient (Wildman–Crippen LogP) is 3.81. The molecule has 0 atom stereocenters. The van der Waals surface area contributed by atoms with E-state index in [9.17, 15) is 4.79 Å². The van der Waals surface area contributed by atoms with Gasteiger partial charge in [-0.05, 0) is 55.3 Å². The fraction of sp³-hybridized carbons (Fsp3) is 0.421. The minimum Gasteiger partial charge on any atom is -0.298 e. The molecule has 0 spiro atoms. The number of rotatable bonds is 6. The summed E-state index contributed by atoms with van der Waals surface area (Å²) < 4.78 is 0. The van der Waals surface area contributed by atoms with Gasteiger partial charge >= 0.3 is 0 Å². The molecule has 1 saturated heterocycles. The fourth-order valence-corrected chi connectivity index (χ4v) is 3.94. The van der Waals surface area contributed by atoms with Gasteiger partial charge in [0.2, 0.25) is 0 Å². The van der Waals surface area contributed by atoms with Crippen molar-refractivity contribution in [2.45, 2.75) is 25.7 Å². The minimum absolute atomic E-state index is 0.351. The van der Waals surface area contributed by atoms with E-state index >= 15 is 0 Å². The highest BCUT2D eigenvalue weighted by Crippen LogP contribution is 2.21. The maximum absolute atomic E-state index is 12.1. The van der Waals surface area contributed by atoms with Crippen molar-refractivity contribution in [2.24, 2.45) is 5.92 Å². The summed E-state index contributed by atoms with van der Waals surface area (Å²) in [5.74, 6) is 1.12. The first-order chi connectivity index (χ1) is 10.8. The number of hydrogen-bond acceptors (Lipinski definition) is 3. The van der Waals surface area contributed by atoms with E-state index in [0.29, 0.717) is 18.7 Å². The number of ketones is 1. The van der Waals surface area contributed by atoms with Gasteiger partial charge in [0.1, 0.15) is 0 Å². The van der Waals surface area contributed by atoms with Crippen molar-refractivity contribution < 1.29 is 4.79 Å². The van der Waals surface area contributed by atoms with Crippen molar-refractivity contribution in [1.82, 2.24) is 4.90 Å². The number of piperidine rings is 1. The minimum atomic E-state index is 0.351. The largest absolute Gasteiger partial charge is 0.298 e. The van der Waals surface area contributed by atoms with Crippen molar-refractivity contribution in [1.29, 1.82) is 0 Å². The van der Waals surface area contributed by atoms with Crippen molar-refractivity contribution in [2.75, 3.05) is 19.6 Å². The molecule has 0 unspecified atom stereocenters. The van der Waals surface area contributed by atoms with E-state index in [-0.39, 0.29) is 0 Å². The third-order valence-corrected chi connectivity index (χ3v) is 5.30. The SMILES string of the molecule is O=C(Cc1cccs1)CN1CCC(Cc2ccccc2)CC1. The topological polar surface area (TPSA) is 20.3 Å². The fourth-order valence-electron chi connectivity index (χ4n) is 3.21.